The SMILES string of the molecule is CC[C@@H]1C2C[C@H](O)CC[C@]2(C)C2CC[C@@]3(C)C(CCC3[C@H](C)CCOS(=O)(=O)O)C2[C@H]1O. The maximum atomic E-state index is 11.7. The number of hydrogen-bond donors (Lipinski definition) is 3. The molecule has 0 bridgehead atoms. The van der Waals surface area contributed by atoms with Gasteiger partial charge in [-0.25, -0.2) is 4.18 Å². The molecule has 0 radical (unpaired) electrons. The van der Waals surface area contributed by atoms with Crippen molar-refractivity contribution < 1.29 is 27.4 Å². The molecule has 5 unspecified atom stereocenters. The van der Waals surface area contributed by atoms with Crippen LogP contribution in [0.5, 0.6) is 0 Å². The van der Waals surface area contributed by atoms with Gasteiger partial charge in [-0.2, -0.15) is 8.42 Å². The average Bonchev–Trinajstić information content (AvgIpc) is 3.06. The van der Waals surface area contributed by atoms with Gasteiger partial charge in [0, 0.05) is 0 Å². The van der Waals surface area contributed by atoms with Crippen molar-refractivity contribution in [2.75, 3.05) is 6.61 Å². The van der Waals surface area contributed by atoms with Crippen LogP contribution < -0.4 is 0 Å². The molecule has 11 atom stereocenters. The van der Waals surface area contributed by atoms with Crippen LogP contribution in [0.1, 0.15) is 85.5 Å². The first-order valence-electron chi connectivity index (χ1n) is 12.9. The van der Waals surface area contributed by atoms with Crippen LogP contribution in [0.15, 0.2) is 0 Å². The van der Waals surface area contributed by atoms with Crippen LogP contribution in [0.3, 0.4) is 0 Å². The lowest BCUT2D eigenvalue weighted by Gasteiger charge is -2.64. The van der Waals surface area contributed by atoms with Crippen LogP contribution in [0, 0.1) is 52.3 Å². The van der Waals surface area contributed by atoms with E-state index in [0.717, 1.165) is 51.4 Å². The Hall–Kier alpha value is -0.210. The van der Waals surface area contributed by atoms with Crippen molar-refractivity contribution in [3.8, 4) is 0 Å². The summed E-state index contributed by atoms with van der Waals surface area (Å²) >= 11 is 0. The Balaban J connectivity index is 1.56. The monoisotopic (exact) mass is 472 g/mol. The highest BCUT2D eigenvalue weighted by Gasteiger charge is 2.64. The molecule has 0 spiro atoms. The molecule has 0 aromatic heterocycles. The van der Waals surface area contributed by atoms with Gasteiger partial charge in [0.2, 0.25) is 0 Å². The van der Waals surface area contributed by atoms with Crippen molar-refractivity contribution in [2.45, 2.75) is 97.7 Å². The molecule has 3 N–H and O–H groups in total. The minimum absolute atomic E-state index is 0.0198. The number of fused-ring (bicyclic) bond motifs is 5. The summed E-state index contributed by atoms with van der Waals surface area (Å²) in [6, 6.07) is 0. The van der Waals surface area contributed by atoms with Crippen LogP contribution in [0.25, 0.3) is 0 Å². The lowest BCUT2D eigenvalue weighted by Crippen LogP contribution is -2.62. The summed E-state index contributed by atoms with van der Waals surface area (Å²) in [7, 11) is -4.39. The van der Waals surface area contributed by atoms with Crippen LogP contribution in [0.4, 0.5) is 0 Å². The molecule has 0 heterocycles. The van der Waals surface area contributed by atoms with Crippen molar-refractivity contribution in [3.63, 3.8) is 0 Å². The molecule has 4 fully saturated rings. The minimum Gasteiger partial charge on any atom is -0.393 e. The number of aliphatic hydroxyl groups is 2. The fraction of sp³-hybridized carbons (Fsp3) is 1.00. The summed E-state index contributed by atoms with van der Waals surface area (Å²) in [5.74, 6) is 2.78. The zero-order chi connectivity index (χ0) is 23.5. The van der Waals surface area contributed by atoms with E-state index in [1.807, 2.05) is 0 Å². The first-order chi connectivity index (χ1) is 14.9. The second-order valence-electron chi connectivity index (χ2n) is 12.1. The fourth-order valence-corrected chi connectivity index (χ4v) is 9.78. The van der Waals surface area contributed by atoms with Gasteiger partial charge in [0.05, 0.1) is 18.8 Å². The largest absolute Gasteiger partial charge is 0.397 e. The summed E-state index contributed by atoms with van der Waals surface area (Å²) in [6.45, 7) is 9.28. The van der Waals surface area contributed by atoms with Gasteiger partial charge < -0.3 is 10.2 Å². The molecule has 0 saturated heterocycles. The van der Waals surface area contributed by atoms with Gasteiger partial charge in [0.15, 0.2) is 0 Å². The summed E-state index contributed by atoms with van der Waals surface area (Å²) in [6.07, 6.45) is 8.38. The van der Waals surface area contributed by atoms with Crippen molar-refractivity contribution >= 4 is 10.4 Å². The molecule has 6 nitrogen and oxygen atoms in total. The highest BCUT2D eigenvalue weighted by Crippen LogP contribution is 2.69. The van der Waals surface area contributed by atoms with Gasteiger partial charge >= 0.3 is 10.4 Å². The minimum atomic E-state index is -4.39. The third-order valence-electron chi connectivity index (χ3n) is 11.0. The Bertz CT molecular complexity index is 785. The van der Waals surface area contributed by atoms with E-state index in [1.165, 1.54) is 0 Å². The van der Waals surface area contributed by atoms with E-state index in [0.29, 0.717) is 41.9 Å². The molecule has 0 aromatic carbocycles. The molecule has 0 aliphatic heterocycles. The van der Waals surface area contributed by atoms with Gasteiger partial charge in [-0.05, 0) is 104 Å². The lowest BCUT2D eigenvalue weighted by atomic mass is 9.41. The van der Waals surface area contributed by atoms with Gasteiger partial charge in [-0.1, -0.05) is 34.1 Å². The average molecular weight is 473 g/mol. The molecule has 4 saturated carbocycles. The summed E-state index contributed by atoms with van der Waals surface area (Å²) < 4.78 is 35.4. The smallest absolute Gasteiger partial charge is 0.393 e. The third-order valence-corrected chi connectivity index (χ3v) is 11.4. The topological polar surface area (TPSA) is 104 Å². The summed E-state index contributed by atoms with van der Waals surface area (Å²) in [4.78, 5) is 0. The van der Waals surface area contributed by atoms with Gasteiger partial charge in [0.1, 0.15) is 0 Å². The second kappa shape index (κ2) is 8.78. The third kappa shape index (κ3) is 4.08. The highest BCUT2D eigenvalue weighted by atomic mass is 32.3. The molecule has 0 amide bonds. The molecule has 7 heteroatoms. The molecular weight excluding hydrogens is 428 g/mol. The second-order valence-corrected chi connectivity index (χ2v) is 13.2. The van der Waals surface area contributed by atoms with E-state index in [9.17, 15) is 18.6 Å². The maximum Gasteiger partial charge on any atom is 0.397 e. The summed E-state index contributed by atoms with van der Waals surface area (Å²) in [5.41, 5.74) is 0.355. The first-order valence-corrected chi connectivity index (χ1v) is 14.3. The predicted molar refractivity (Wildman–Crippen MR) is 123 cm³/mol. The molecule has 4 aliphatic carbocycles. The maximum absolute atomic E-state index is 11.7. The quantitative estimate of drug-likeness (QED) is 0.493. The van der Waals surface area contributed by atoms with Crippen LogP contribution in [0.2, 0.25) is 0 Å². The van der Waals surface area contributed by atoms with Crippen LogP contribution >= 0.6 is 0 Å². The van der Waals surface area contributed by atoms with E-state index >= 15 is 0 Å². The first kappa shape index (κ1) is 24.9. The fourth-order valence-electron chi connectivity index (χ4n) is 9.47. The Kier molecular flexibility index (Phi) is 6.83. The van der Waals surface area contributed by atoms with Gasteiger partial charge in [0.25, 0.3) is 0 Å². The molecular formula is C25H44O6S. The van der Waals surface area contributed by atoms with Gasteiger partial charge in [-0.15, -0.1) is 0 Å². The Morgan fingerprint density at radius 2 is 1.66 bits per heavy atom. The van der Waals surface area contributed by atoms with E-state index in [2.05, 4.69) is 31.9 Å². The van der Waals surface area contributed by atoms with Crippen LogP contribution in [-0.2, 0) is 14.6 Å². The molecule has 4 rings (SSSR count). The Morgan fingerprint density at radius 3 is 2.31 bits per heavy atom. The van der Waals surface area contributed by atoms with Crippen molar-refractivity contribution in [1.82, 2.24) is 0 Å². The zero-order valence-corrected chi connectivity index (χ0v) is 21.1. The standard InChI is InChI=1S/C25H44O6S/c1-5-17-21-14-16(26)8-11-25(21,4)20-9-12-24(3)18(6-7-19(24)22(20)23(17)27)15(2)10-13-31-32(28,29)30/h15-23,26-27H,5-14H2,1-4H3,(H,28,29,30)/t15-,16-,17-,18?,19?,20?,21?,22?,23+,24-,25-/m1/s1. The molecule has 32 heavy (non-hydrogen) atoms. The highest BCUT2D eigenvalue weighted by molar-refractivity contribution is 7.80. The van der Waals surface area contributed by atoms with Crippen molar-refractivity contribution in [1.29, 1.82) is 0 Å². The summed E-state index contributed by atoms with van der Waals surface area (Å²) in [5, 5.41) is 22.1. The Labute approximate surface area is 194 Å². The van der Waals surface area contributed by atoms with Crippen LogP contribution in [-0.4, -0.2) is 42.0 Å². The normalized spacial score (nSPS) is 49.7. The lowest BCUT2D eigenvalue weighted by molar-refractivity contribution is -0.203. The van der Waals surface area contributed by atoms with E-state index in [-0.39, 0.29) is 35.6 Å². The number of rotatable bonds is 6. The van der Waals surface area contributed by atoms with Crippen molar-refractivity contribution in [3.05, 3.63) is 0 Å². The predicted octanol–water partition coefficient (Wildman–Crippen LogP) is 4.46. The molecule has 4 aliphatic rings. The van der Waals surface area contributed by atoms with E-state index < -0.39 is 10.4 Å². The zero-order valence-electron chi connectivity index (χ0n) is 20.2. The number of aliphatic hydroxyl groups excluding tert-OH is 2. The Morgan fingerprint density at radius 1 is 1.00 bits per heavy atom. The van der Waals surface area contributed by atoms with Crippen molar-refractivity contribution in [2.24, 2.45) is 52.3 Å². The van der Waals surface area contributed by atoms with Gasteiger partial charge in [-0.3, -0.25) is 4.55 Å². The molecule has 186 valence electrons. The van der Waals surface area contributed by atoms with E-state index in [4.69, 9.17) is 4.55 Å². The van der Waals surface area contributed by atoms with E-state index in [1.54, 1.807) is 0 Å². The molecule has 0 aromatic rings. The number of hydrogen-bond acceptors (Lipinski definition) is 5.